The first-order valence-electron chi connectivity index (χ1n) is 10.2. The average Bonchev–Trinajstić information content (AvgIpc) is 2.85. The van der Waals surface area contributed by atoms with Gasteiger partial charge in [0.1, 0.15) is 23.3 Å². The number of hydrogen-bond acceptors (Lipinski definition) is 7. The number of esters is 1. The van der Waals surface area contributed by atoms with E-state index in [1.165, 1.54) is 48.7 Å². The van der Waals surface area contributed by atoms with E-state index in [0.717, 1.165) is 10.8 Å². The fraction of sp³-hybridized carbons (Fsp3) is 0. The lowest BCUT2D eigenvalue weighted by Crippen LogP contribution is -2.09. The molecule has 0 saturated heterocycles. The number of nitro groups is 1. The average molecular weight is 453 g/mol. The quantitative estimate of drug-likeness (QED) is 0.142. The van der Waals surface area contributed by atoms with Gasteiger partial charge in [-0.1, -0.05) is 30.3 Å². The van der Waals surface area contributed by atoms with Crippen LogP contribution in [0.4, 0.5) is 5.69 Å². The molecular formula is C26H15NO7. The zero-order valence-electron chi connectivity index (χ0n) is 17.5. The number of hydrogen-bond donors (Lipinski definition) is 0. The molecule has 0 saturated carbocycles. The topological polar surface area (TPSA) is 109 Å². The van der Waals surface area contributed by atoms with E-state index in [1.807, 2.05) is 36.4 Å². The summed E-state index contributed by atoms with van der Waals surface area (Å²) in [6.45, 7) is 0. The normalized spacial score (nSPS) is 10.8. The van der Waals surface area contributed by atoms with Gasteiger partial charge in [-0.05, 0) is 47.2 Å². The highest BCUT2D eigenvalue weighted by Gasteiger charge is 2.14. The molecule has 0 fully saturated rings. The molecule has 1 aromatic heterocycles. The SMILES string of the molecule is O=C(Oc1ccc2c(=O)c(Oc3ccc4ccccc4c3)coc2c1)c1ccc([N+](=O)[O-])cc1. The second kappa shape index (κ2) is 8.51. The molecule has 0 aliphatic heterocycles. The third-order valence-corrected chi connectivity index (χ3v) is 5.19. The predicted molar refractivity (Wildman–Crippen MR) is 125 cm³/mol. The number of rotatable bonds is 5. The Hall–Kier alpha value is -4.98. The molecule has 0 atom stereocenters. The van der Waals surface area contributed by atoms with Crippen LogP contribution >= 0.6 is 0 Å². The summed E-state index contributed by atoms with van der Waals surface area (Å²) in [5.41, 5.74) is -0.149. The first kappa shape index (κ1) is 20.9. The van der Waals surface area contributed by atoms with Gasteiger partial charge in [-0.15, -0.1) is 0 Å². The smallest absolute Gasteiger partial charge is 0.343 e. The lowest BCUT2D eigenvalue weighted by atomic mass is 10.1. The number of nitro benzene ring substituents is 1. The third-order valence-electron chi connectivity index (χ3n) is 5.19. The molecule has 0 amide bonds. The zero-order valence-corrected chi connectivity index (χ0v) is 17.5. The van der Waals surface area contributed by atoms with Crippen LogP contribution < -0.4 is 14.9 Å². The molecule has 166 valence electrons. The van der Waals surface area contributed by atoms with Crippen molar-refractivity contribution in [2.45, 2.75) is 0 Å². The second-order valence-corrected chi connectivity index (χ2v) is 7.39. The van der Waals surface area contributed by atoms with Crippen molar-refractivity contribution in [1.29, 1.82) is 0 Å². The number of carbonyl (C=O) groups excluding carboxylic acids is 1. The summed E-state index contributed by atoms with van der Waals surface area (Å²) < 4.78 is 16.6. The molecule has 0 spiro atoms. The van der Waals surface area contributed by atoms with Gasteiger partial charge in [0.2, 0.25) is 11.2 Å². The van der Waals surface area contributed by atoms with Crippen molar-refractivity contribution in [3.63, 3.8) is 0 Å². The molecule has 1 heterocycles. The lowest BCUT2D eigenvalue weighted by molar-refractivity contribution is -0.384. The molecule has 4 aromatic carbocycles. The lowest BCUT2D eigenvalue weighted by Gasteiger charge is -2.08. The Morgan fingerprint density at radius 2 is 1.59 bits per heavy atom. The molecule has 0 aliphatic rings. The molecular weight excluding hydrogens is 438 g/mol. The van der Waals surface area contributed by atoms with Crippen LogP contribution in [-0.4, -0.2) is 10.9 Å². The van der Waals surface area contributed by atoms with Crippen LogP contribution in [0, 0.1) is 10.1 Å². The molecule has 5 aromatic rings. The van der Waals surface area contributed by atoms with Gasteiger partial charge in [-0.3, -0.25) is 14.9 Å². The largest absolute Gasteiger partial charge is 0.460 e. The molecule has 8 nitrogen and oxygen atoms in total. The van der Waals surface area contributed by atoms with Gasteiger partial charge in [0.05, 0.1) is 15.9 Å². The van der Waals surface area contributed by atoms with Crippen molar-refractivity contribution in [1.82, 2.24) is 0 Å². The third kappa shape index (κ3) is 4.07. The standard InChI is InChI=1S/C26H15NO7/c28-25-22-12-11-21(34-26(29)17-5-8-19(9-6-17)27(30)31)14-23(22)32-15-24(25)33-20-10-7-16-3-1-2-4-18(16)13-20/h1-15H. The summed E-state index contributed by atoms with van der Waals surface area (Å²) in [6.07, 6.45) is 1.21. The van der Waals surface area contributed by atoms with Crippen molar-refractivity contribution in [2.24, 2.45) is 0 Å². The van der Waals surface area contributed by atoms with Crippen LogP contribution in [0.25, 0.3) is 21.7 Å². The number of benzene rings is 4. The summed E-state index contributed by atoms with van der Waals surface area (Å²) in [4.78, 5) is 35.4. The molecule has 0 aliphatic carbocycles. The van der Waals surface area contributed by atoms with Crippen molar-refractivity contribution in [3.8, 4) is 17.2 Å². The molecule has 0 N–H and O–H groups in total. The predicted octanol–water partition coefficient (Wildman–Crippen LogP) is 5.87. The summed E-state index contributed by atoms with van der Waals surface area (Å²) >= 11 is 0. The monoisotopic (exact) mass is 453 g/mol. The highest BCUT2D eigenvalue weighted by molar-refractivity contribution is 5.92. The first-order chi connectivity index (χ1) is 16.5. The molecule has 8 heteroatoms. The minimum atomic E-state index is -0.701. The van der Waals surface area contributed by atoms with E-state index in [-0.39, 0.29) is 39.1 Å². The Bertz CT molecular complexity index is 1620. The Balaban J connectivity index is 1.37. The fourth-order valence-corrected chi connectivity index (χ4v) is 3.47. The number of carbonyl (C=O) groups is 1. The van der Waals surface area contributed by atoms with Crippen LogP contribution in [0.3, 0.4) is 0 Å². The van der Waals surface area contributed by atoms with Gasteiger partial charge < -0.3 is 13.9 Å². The molecule has 0 radical (unpaired) electrons. The van der Waals surface area contributed by atoms with Crippen molar-refractivity contribution in [3.05, 3.63) is 117 Å². The van der Waals surface area contributed by atoms with E-state index in [4.69, 9.17) is 13.9 Å². The van der Waals surface area contributed by atoms with E-state index in [2.05, 4.69) is 0 Å². The maximum Gasteiger partial charge on any atom is 0.343 e. The van der Waals surface area contributed by atoms with E-state index in [1.54, 1.807) is 6.07 Å². The molecule has 0 bridgehead atoms. The van der Waals surface area contributed by atoms with Crippen molar-refractivity contribution < 1.29 is 23.6 Å². The maximum absolute atomic E-state index is 12.9. The van der Waals surface area contributed by atoms with E-state index >= 15 is 0 Å². The minimum Gasteiger partial charge on any atom is -0.460 e. The van der Waals surface area contributed by atoms with Crippen LogP contribution in [-0.2, 0) is 0 Å². The van der Waals surface area contributed by atoms with Gasteiger partial charge in [0.15, 0.2) is 0 Å². The summed E-state index contributed by atoms with van der Waals surface area (Å²) in [5.74, 6) is -0.0209. The highest BCUT2D eigenvalue weighted by atomic mass is 16.6. The molecule has 0 unspecified atom stereocenters. The number of ether oxygens (including phenoxy) is 2. The number of non-ortho nitro benzene ring substituents is 1. The second-order valence-electron chi connectivity index (χ2n) is 7.39. The van der Waals surface area contributed by atoms with Crippen LogP contribution in [0.15, 0.2) is 100 Å². The number of nitrogens with zero attached hydrogens (tertiary/aromatic N) is 1. The van der Waals surface area contributed by atoms with Crippen LogP contribution in [0.2, 0.25) is 0 Å². The molecule has 34 heavy (non-hydrogen) atoms. The maximum atomic E-state index is 12.9. The number of fused-ring (bicyclic) bond motifs is 2. The van der Waals surface area contributed by atoms with Crippen molar-refractivity contribution in [2.75, 3.05) is 0 Å². The van der Waals surface area contributed by atoms with Crippen LogP contribution in [0.1, 0.15) is 10.4 Å². The Morgan fingerprint density at radius 1 is 0.853 bits per heavy atom. The van der Waals surface area contributed by atoms with Crippen LogP contribution in [0.5, 0.6) is 17.2 Å². The Kier molecular flexibility index (Phi) is 5.23. The van der Waals surface area contributed by atoms with Gasteiger partial charge >= 0.3 is 5.97 Å². The first-order valence-corrected chi connectivity index (χ1v) is 10.2. The van der Waals surface area contributed by atoms with E-state index in [9.17, 15) is 19.7 Å². The molecule has 5 rings (SSSR count). The van der Waals surface area contributed by atoms with Gasteiger partial charge in [-0.2, -0.15) is 0 Å². The Labute approximate surface area is 191 Å². The van der Waals surface area contributed by atoms with Gasteiger partial charge in [0.25, 0.3) is 5.69 Å². The Morgan fingerprint density at radius 3 is 2.35 bits per heavy atom. The summed E-state index contributed by atoms with van der Waals surface area (Å²) in [6, 6.07) is 22.7. The van der Waals surface area contributed by atoms with E-state index < -0.39 is 10.9 Å². The summed E-state index contributed by atoms with van der Waals surface area (Å²) in [5, 5.41) is 13.0. The highest BCUT2D eigenvalue weighted by Crippen LogP contribution is 2.27. The minimum absolute atomic E-state index is 0.0263. The van der Waals surface area contributed by atoms with E-state index in [0.29, 0.717) is 5.75 Å². The zero-order chi connectivity index (χ0) is 23.7. The summed E-state index contributed by atoms with van der Waals surface area (Å²) in [7, 11) is 0. The van der Waals surface area contributed by atoms with Crippen molar-refractivity contribution >= 4 is 33.4 Å². The fourth-order valence-electron chi connectivity index (χ4n) is 3.47. The van der Waals surface area contributed by atoms with Gasteiger partial charge in [0, 0.05) is 18.2 Å². The van der Waals surface area contributed by atoms with Gasteiger partial charge in [-0.25, -0.2) is 4.79 Å².